The molecule has 0 atom stereocenters. The van der Waals surface area contributed by atoms with Crippen molar-refractivity contribution in [2.24, 2.45) is 0 Å². The fourth-order valence-electron chi connectivity index (χ4n) is 1.97. The summed E-state index contributed by atoms with van der Waals surface area (Å²) in [6.07, 6.45) is 3.54. The third-order valence-corrected chi connectivity index (χ3v) is 5.85. The van der Waals surface area contributed by atoms with E-state index in [4.69, 9.17) is 16.3 Å². The molecule has 24 heavy (non-hydrogen) atoms. The number of rotatable bonds is 7. The van der Waals surface area contributed by atoms with Gasteiger partial charge in [0, 0.05) is 24.2 Å². The third-order valence-electron chi connectivity index (χ3n) is 3.30. The zero-order valence-electron chi connectivity index (χ0n) is 13.9. The Labute approximate surface area is 156 Å². The van der Waals surface area contributed by atoms with Crippen LogP contribution >= 0.6 is 27.5 Å². The van der Waals surface area contributed by atoms with E-state index in [0.717, 1.165) is 22.8 Å². The molecule has 0 amide bonds. The predicted molar refractivity (Wildman–Crippen MR) is 103 cm³/mol. The summed E-state index contributed by atoms with van der Waals surface area (Å²) < 4.78 is 8.12. The maximum absolute atomic E-state index is 9.25. The molecule has 0 spiro atoms. The number of nitrogens with one attached hydrogen (secondary N) is 1. The van der Waals surface area contributed by atoms with Crippen LogP contribution in [0.15, 0.2) is 29.0 Å². The van der Waals surface area contributed by atoms with E-state index < -0.39 is 8.07 Å². The average Bonchev–Trinajstić information content (AvgIpc) is 2.93. The van der Waals surface area contributed by atoms with Gasteiger partial charge in [-0.05, 0) is 34.1 Å². The summed E-state index contributed by atoms with van der Waals surface area (Å²) in [6.45, 7) is 8.13. The molecule has 0 saturated heterocycles. The first-order valence-corrected chi connectivity index (χ1v) is 12.4. The second-order valence-corrected chi connectivity index (χ2v) is 13.6. The van der Waals surface area contributed by atoms with E-state index in [1.807, 2.05) is 6.20 Å². The minimum Gasteiger partial charge on any atom is -0.360 e. The highest BCUT2D eigenvalue weighted by atomic mass is 79.9. The van der Waals surface area contributed by atoms with Gasteiger partial charge >= 0.3 is 0 Å². The summed E-state index contributed by atoms with van der Waals surface area (Å²) in [6, 6.07) is 6.63. The lowest BCUT2D eigenvalue weighted by molar-refractivity contribution is 0.0786. The van der Waals surface area contributed by atoms with E-state index >= 15 is 0 Å². The SMILES string of the molecule is C[Si](C)(C)CCOCn1cc(Nc2c(Br)cc(Cl)cc2C#N)cn1. The van der Waals surface area contributed by atoms with Crippen molar-refractivity contribution in [1.82, 2.24) is 9.78 Å². The molecule has 2 rings (SSSR count). The van der Waals surface area contributed by atoms with Gasteiger partial charge in [0.2, 0.25) is 0 Å². The first-order chi connectivity index (χ1) is 11.3. The van der Waals surface area contributed by atoms with Gasteiger partial charge in [0.05, 0.1) is 29.3 Å². The van der Waals surface area contributed by atoms with E-state index in [1.54, 1.807) is 23.0 Å². The molecule has 0 saturated carbocycles. The monoisotopic (exact) mass is 426 g/mol. The Bertz CT molecular complexity index is 752. The van der Waals surface area contributed by atoms with Gasteiger partial charge in [-0.15, -0.1) is 0 Å². The second kappa shape index (κ2) is 8.16. The number of halogens is 2. The number of hydrogen-bond donors (Lipinski definition) is 1. The predicted octanol–water partition coefficient (Wildman–Crippen LogP) is 5.23. The van der Waals surface area contributed by atoms with Gasteiger partial charge in [-0.2, -0.15) is 10.4 Å². The van der Waals surface area contributed by atoms with E-state index in [-0.39, 0.29) is 0 Å². The molecule has 0 aliphatic carbocycles. The molecule has 8 heteroatoms. The minimum atomic E-state index is -1.08. The highest BCUT2D eigenvalue weighted by molar-refractivity contribution is 9.10. The molecule has 5 nitrogen and oxygen atoms in total. The second-order valence-electron chi connectivity index (χ2n) is 6.66. The first-order valence-electron chi connectivity index (χ1n) is 7.55. The van der Waals surface area contributed by atoms with Crippen LogP contribution in [0.2, 0.25) is 30.7 Å². The zero-order chi connectivity index (χ0) is 17.7. The summed E-state index contributed by atoms with van der Waals surface area (Å²) in [7, 11) is -1.08. The zero-order valence-corrected chi connectivity index (χ0v) is 17.3. The van der Waals surface area contributed by atoms with Crippen molar-refractivity contribution in [3.63, 3.8) is 0 Å². The van der Waals surface area contributed by atoms with Gasteiger partial charge in [-0.3, -0.25) is 0 Å². The van der Waals surface area contributed by atoms with Crippen molar-refractivity contribution in [3.8, 4) is 6.07 Å². The van der Waals surface area contributed by atoms with E-state index in [2.05, 4.69) is 52.1 Å². The molecule has 0 radical (unpaired) electrons. The molecule has 1 heterocycles. The maximum atomic E-state index is 9.25. The van der Waals surface area contributed by atoms with Gasteiger partial charge < -0.3 is 10.1 Å². The van der Waals surface area contributed by atoms with Crippen molar-refractivity contribution in [3.05, 3.63) is 39.6 Å². The normalized spacial score (nSPS) is 11.3. The first kappa shape index (κ1) is 19.0. The van der Waals surface area contributed by atoms with Gasteiger partial charge in [0.25, 0.3) is 0 Å². The molecule has 0 aliphatic heterocycles. The topological polar surface area (TPSA) is 62.9 Å². The summed E-state index contributed by atoms with van der Waals surface area (Å²) in [4.78, 5) is 0. The van der Waals surface area contributed by atoms with E-state index in [1.165, 1.54) is 0 Å². The number of hydrogen-bond acceptors (Lipinski definition) is 4. The van der Waals surface area contributed by atoms with Crippen molar-refractivity contribution < 1.29 is 4.74 Å². The highest BCUT2D eigenvalue weighted by Gasteiger charge is 2.12. The summed E-state index contributed by atoms with van der Waals surface area (Å²) in [5.41, 5.74) is 1.91. The molecule has 0 fully saturated rings. The van der Waals surface area contributed by atoms with Crippen LogP contribution in [0.25, 0.3) is 0 Å². The number of ether oxygens (including phenoxy) is 1. The molecule has 2 aromatic rings. The van der Waals surface area contributed by atoms with Crippen molar-refractivity contribution in [2.75, 3.05) is 11.9 Å². The Morgan fingerprint density at radius 1 is 1.42 bits per heavy atom. The maximum Gasteiger partial charge on any atom is 0.139 e. The average molecular weight is 428 g/mol. The molecular weight excluding hydrogens is 408 g/mol. The lowest BCUT2D eigenvalue weighted by Crippen LogP contribution is -2.22. The van der Waals surface area contributed by atoms with Crippen LogP contribution in [0.1, 0.15) is 5.56 Å². The molecule has 0 aliphatic rings. The van der Waals surface area contributed by atoms with Crippen molar-refractivity contribution >= 4 is 47.0 Å². The molecule has 1 aromatic carbocycles. The highest BCUT2D eigenvalue weighted by Crippen LogP contribution is 2.32. The van der Waals surface area contributed by atoms with Gasteiger partial charge in [-0.1, -0.05) is 31.2 Å². The quantitative estimate of drug-likeness (QED) is 0.485. The van der Waals surface area contributed by atoms with Gasteiger partial charge in [-0.25, -0.2) is 4.68 Å². The Morgan fingerprint density at radius 2 is 2.17 bits per heavy atom. The van der Waals surface area contributed by atoms with Crippen LogP contribution in [-0.4, -0.2) is 24.5 Å². The summed E-state index contributed by atoms with van der Waals surface area (Å²) in [5.74, 6) is 0. The fraction of sp³-hybridized carbons (Fsp3) is 0.375. The number of anilines is 2. The minimum absolute atomic E-state index is 0.416. The van der Waals surface area contributed by atoms with Crippen LogP contribution in [0, 0.1) is 11.3 Å². The van der Waals surface area contributed by atoms with E-state index in [0.29, 0.717) is 23.0 Å². The van der Waals surface area contributed by atoms with E-state index in [9.17, 15) is 5.26 Å². The Hall–Kier alpha value is -1.33. The Balaban J connectivity index is 1.99. The summed E-state index contributed by atoms with van der Waals surface area (Å²) in [5, 5.41) is 17.2. The van der Waals surface area contributed by atoms with Gasteiger partial charge in [0.1, 0.15) is 12.8 Å². The number of benzene rings is 1. The Morgan fingerprint density at radius 3 is 2.83 bits per heavy atom. The van der Waals surface area contributed by atoms with Gasteiger partial charge in [0.15, 0.2) is 0 Å². The molecule has 0 unspecified atom stereocenters. The smallest absolute Gasteiger partial charge is 0.139 e. The van der Waals surface area contributed by atoms with Crippen LogP contribution in [-0.2, 0) is 11.5 Å². The fourth-order valence-corrected chi connectivity index (χ4v) is 3.63. The summed E-state index contributed by atoms with van der Waals surface area (Å²) >= 11 is 9.40. The molecule has 0 bridgehead atoms. The molecule has 1 N–H and O–H groups in total. The lowest BCUT2D eigenvalue weighted by atomic mass is 10.2. The van der Waals surface area contributed by atoms with Crippen LogP contribution in [0.4, 0.5) is 11.4 Å². The van der Waals surface area contributed by atoms with Crippen LogP contribution < -0.4 is 5.32 Å². The number of aromatic nitrogens is 2. The van der Waals surface area contributed by atoms with Crippen LogP contribution in [0.3, 0.4) is 0 Å². The van der Waals surface area contributed by atoms with Crippen LogP contribution in [0.5, 0.6) is 0 Å². The number of nitriles is 1. The van der Waals surface area contributed by atoms with Crippen molar-refractivity contribution in [2.45, 2.75) is 32.4 Å². The number of nitrogens with zero attached hydrogens (tertiary/aromatic N) is 3. The molecule has 128 valence electrons. The third kappa shape index (κ3) is 5.63. The molecular formula is C16H20BrClN4OSi. The molecule has 1 aromatic heterocycles. The Kier molecular flexibility index (Phi) is 6.46. The largest absolute Gasteiger partial charge is 0.360 e. The standard InChI is InChI=1S/C16H20BrClN4OSi/c1-24(2,3)5-4-23-11-22-10-14(9-20-22)21-16-12(8-19)6-13(18)7-15(16)17/h6-7,9-10,21H,4-5,11H2,1-3H3. The van der Waals surface area contributed by atoms with Crippen molar-refractivity contribution in [1.29, 1.82) is 5.26 Å². The lowest BCUT2D eigenvalue weighted by Gasteiger charge is -2.15.